The van der Waals surface area contributed by atoms with E-state index < -0.39 is 0 Å². The third-order valence-electron chi connectivity index (χ3n) is 4.40. The van der Waals surface area contributed by atoms with Crippen molar-refractivity contribution in [2.24, 2.45) is 7.05 Å². The highest BCUT2D eigenvalue weighted by Crippen LogP contribution is 2.24. The van der Waals surface area contributed by atoms with Crippen LogP contribution in [0.5, 0.6) is 5.75 Å². The van der Waals surface area contributed by atoms with Gasteiger partial charge in [0.1, 0.15) is 18.2 Å². The van der Waals surface area contributed by atoms with E-state index in [1.807, 2.05) is 23.7 Å². The van der Waals surface area contributed by atoms with Gasteiger partial charge in [-0.1, -0.05) is 19.1 Å². The van der Waals surface area contributed by atoms with E-state index in [2.05, 4.69) is 34.2 Å². The van der Waals surface area contributed by atoms with E-state index in [4.69, 9.17) is 9.47 Å². The molecule has 124 valence electrons. The molecule has 1 fully saturated rings. The Hall–Kier alpha value is -1.92. The summed E-state index contributed by atoms with van der Waals surface area (Å²) in [4.78, 5) is 2.44. The quantitative estimate of drug-likeness (QED) is 0.844. The Balaban J connectivity index is 1.61. The van der Waals surface area contributed by atoms with Crippen molar-refractivity contribution >= 4 is 0 Å². The number of rotatable bonds is 5. The predicted molar refractivity (Wildman–Crippen MR) is 87.5 cm³/mol. The number of hydrogen-bond acceptors (Lipinski definition) is 5. The summed E-state index contributed by atoms with van der Waals surface area (Å²) in [5.74, 6) is 2.25. The van der Waals surface area contributed by atoms with Gasteiger partial charge in [0.05, 0.1) is 13.7 Å². The highest BCUT2D eigenvalue weighted by Gasteiger charge is 2.26. The fraction of sp³-hybridized carbons (Fsp3) is 0.529. The van der Waals surface area contributed by atoms with E-state index >= 15 is 0 Å². The summed E-state index contributed by atoms with van der Waals surface area (Å²) in [7, 11) is 3.65. The molecule has 0 spiro atoms. The monoisotopic (exact) mass is 316 g/mol. The van der Waals surface area contributed by atoms with Gasteiger partial charge in [-0.2, -0.15) is 0 Å². The Bertz CT molecular complexity index is 626. The van der Waals surface area contributed by atoms with Crippen molar-refractivity contribution in [3.05, 3.63) is 42.0 Å². The Morgan fingerprint density at radius 3 is 2.78 bits per heavy atom. The maximum atomic E-state index is 5.87. The summed E-state index contributed by atoms with van der Waals surface area (Å²) >= 11 is 0. The van der Waals surface area contributed by atoms with Crippen LogP contribution in [0.4, 0.5) is 0 Å². The number of methoxy groups -OCH3 is 1. The number of morpholine rings is 1. The number of ether oxygens (including phenoxy) is 2. The van der Waals surface area contributed by atoms with Crippen LogP contribution < -0.4 is 4.74 Å². The van der Waals surface area contributed by atoms with E-state index in [9.17, 15) is 0 Å². The van der Waals surface area contributed by atoms with Crippen molar-refractivity contribution in [1.29, 1.82) is 0 Å². The zero-order valence-corrected chi connectivity index (χ0v) is 14.0. The third-order valence-corrected chi connectivity index (χ3v) is 4.40. The number of aromatic nitrogens is 3. The van der Waals surface area contributed by atoms with Gasteiger partial charge in [0.15, 0.2) is 5.82 Å². The summed E-state index contributed by atoms with van der Waals surface area (Å²) in [6, 6.07) is 8.33. The molecule has 1 aliphatic rings. The van der Waals surface area contributed by atoms with Crippen LogP contribution in [-0.4, -0.2) is 53.0 Å². The van der Waals surface area contributed by atoms with Gasteiger partial charge in [0, 0.05) is 26.7 Å². The lowest BCUT2D eigenvalue weighted by atomic mass is 10.00. The largest absolute Gasteiger partial charge is 0.497 e. The van der Waals surface area contributed by atoms with Crippen molar-refractivity contribution in [3.63, 3.8) is 0 Å². The molecular formula is C17H24N4O2. The molecule has 2 heterocycles. The fourth-order valence-electron chi connectivity index (χ4n) is 3.03. The van der Waals surface area contributed by atoms with Crippen LogP contribution in [0.15, 0.2) is 30.6 Å². The van der Waals surface area contributed by atoms with Crippen LogP contribution in [0.1, 0.15) is 30.3 Å². The van der Waals surface area contributed by atoms with E-state index in [1.54, 1.807) is 13.4 Å². The zero-order valence-electron chi connectivity index (χ0n) is 14.0. The van der Waals surface area contributed by atoms with Gasteiger partial charge in [-0.25, -0.2) is 0 Å². The van der Waals surface area contributed by atoms with Crippen molar-refractivity contribution in [3.8, 4) is 5.75 Å². The molecule has 2 aromatic rings. The second-order valence-electron chi connectivity index (χ2n) is 6.09. The van der Waals surface area contributed by atoms with E-state index in [0.717, 1.165) is 37.8 Å². The molecule has 3 rings (SSSR count). The molecule has 0 radical (unpaired) electrons. The molecule has 6 heteroatoms. The average Bonchev–Trinajstić information content (AvgIpc) is 3.01. The lowest BCUT2D eigenvalue weighted by Crippen LogP contribution is -2.40. The first-order chi connectivity index (χ1) is 11.2. The smallest absolute Gasteiger partial charge is 0.163 e. The number of hydrogen-bond donors (Lipinski definition) is 0. The van der Waals surface area contributed by atoms with Gasteiger partial charge in [-0.05, 0) is 23.6 Å². The maximum absolute atomic E-state index is 5.87. The Labute approximate surface area is 137 Å². The minimum absolute atomic E-state index is 0.000632. The molecule has 0 bridgehead atoms. The van der Waals surface area contributed by atoms with Gasteiger partial charge < -0.3 is 14.0 Å². The summed E-state index contributed by atoms with van der Waals surface area (Å²) < 4.78 is 13.0. The summed E-state index contributed by atoms with van der Waals surface area (Å²) in [6.07, 6.45) is 1.72. The van der Waals surface area contributed by atoms with Crippen LogP contribution >= 0.6 is 0 Å². The minimum atomic E-state index is -0.000632. The lowest BCUT2D eigenvalue weighted by molar-refractivity contribution is -0.0369. The molecule has 23 heavy (non-hydrogen) atoms. The van der Waals surface area contributed by atoms with E-state index in [-0.39, 0.29) is 6.10 Å². The van der Waals surface area contributed by atoms with Gasteiger partial charge in [0.2, 0.25) is 0 Å². The van der Waals surface area contributed by atoms with Crippen LogP contribution in [0.25, 0.3) is 0 Å². The maximum Gasteiger partial charge on any atom is 0.163 e. The second kappa shape index (κ2) is 7.10. The fourth-order valence-corrected chi connectivity index (χ4v) is 3.03. The first-order valence-electron chi connectivity index (χ1n) is 7.99. The molecule has 2 atom stereocenters. The molecule has 0 N–H and O–H groups in total. The average molecular weight is 316 g/mol. The topological polar surface area (TPSA) is 52.4 Å². The Morgan fingerprint density at radius 2 is 2.13 bits per heavy atom. The van der Waals surface area contributed by atoms with Crippen molar-refractivity contribution in [2.45, 2.75) is 18.9 Å². The van der Waals surface area contributed by atoms with Crippen LogP contribution in [-0.2, 0) is 11.8 Å². The molecule has 1 aromatic carbocycles. The van der Waals surface area contributed by atoms with Crippen LogP contribution in [0.3, 0.4) is 0 Å². The zero-order chi connectivity index (χ0) is 16.2. The normalized spacial score (nSPS) is 20.4. The Kier molecular flexibility index (Phi) is 4.93. The highest BCUT2D eigenvalue weighted by atomic mass is 16.5. The Morgan fingerprint density at radius 1 is 1.35 bits per heavy atom. The molecule has 0 unspecified atom stereocenters. The van der Waals surface area contributed by atoms with Crippen LogP contribution in [0, 0.1) is 0 Å². The van der Waals surface area contributed by atoms with Crippen molar-refractivity contribution in [2.75, 3.05) is 33.4 Å². The predicted octanol–water partition coefficient (Wildman–Crippen LogP) is 2.00. The van der Waals surface area contributed by atoms with Gasteiger partial charge in [-0.15, -0.1) is 10.2 Å². The molecule has 0 aliphatic carbocycles. The van der Waals surface area contributed by atoms with E-state index in [1.165, 1.54) is 5.56 Å². The van der Waals surface area contributed by atoms with Crippen molar-refractivity contribution < 1.29 is 9.47 Å². The number of aryl methyl sites for hydroxylation is 1. The second-order valence-corrected chi connectivity index (χ2v) is 6.09. The van der Waals surface area contributed by atoms with Crippen molar-refractivity contribution in [1.82, 2.24) is 19.7 Å². The molecule has 0 amide bonds. The lowest BCUT2D eigenvalue weighted by Gasteiger charge is -2.34. The standard InChI is InChI=1S/C17H24N4O2/c1-13(14-4-6-15(22-3)7-5-14)10-21-8-9-23-16(11-21)17-19-18-12-20(17)2/h4-7,12-13,16H,8-11H2,1-3H3/t13-,16+/m1/s1. The summed E-state index contributed by atoms with van der Waals surface area (Å²) in [6.45, 7) is 5.80. The molecular weight excluding hydrogens is 292 g/mol. The SMILES string of the molecule is COc1ccc([C@H](C)CN2CCO[C@H](c3nncn3C)C2)cc1. The minimum Gasteiger partial charge on any atom is -0.497 e. The van der Waals surface area contributed by atoms with Gasteiger partial charge in [-0.3, -0.25) is 4.90 Å². The van der Waals surface area contributed by atoms with Gasteiger partial charge >= 0.3 is 0 Å². The van der Waals surface area contributed by atoms with Gasteiger partial charge in [0.25, 0.3) is 0 Å². The number of benzene rings is 1. The third kappa shape index (κ3) is 3.71. The first-order valence-corrected chi connectivity index (χ1v) is 7.99. The molecule has 6 nitrogen and oxygen atoms in total. The summed E-state index contributed by atoms with van der Waals surface area (Å²) in [5.41, 5.74) is 1.33. The van der Waals surface area contributed by atoms with E-state index in [0.29, 0.717) is 5.92 Å². The highest BCUT2D eigenvalue weighted by molar-refractivity contribution is 5.29. The van der Waals surface area contributed by atoms with Crippen LogP contribution in [0.2, 0.25) is 0 Å². The molecule has 1 aliphatic heterocycles. The number of nitrogens with zero attached hydrogens (tertiary/aromatic N) is 4. The summed E-state index contributed by atoms with van der Waals surface area (Å²) in [5, 5.41) is 8.13. The molecule has 0 saturated carbocycles. The molecule has 1 saturated heterocycles. The first kappa shape index (κ1) is 16.0. The molecule has 1 aromatic heterocycles.